The fraction of sp³-hybridized carbons (Fsp3) is 0.400. The maximum absolute atomic E-state index is 4.39. The van der Waals surface area contributed by atoms with Crippen molar-refractivity contribution in [3.05, 3.63) is 41.7 Å². The topological polar surface area (TPSA) is 29.9 Å². The van der Waals surface area contributed by atoms with E-state index in [2.05, 4.69) is 60.8 Å². The number of aromatic nitrogens is 2. The van der Waals surface area contributed by atoms with E-state index in [1.807, 2.05) is 12.4 Å². The van der Waals surface area contributed by atoms with Crippen LogP contribution >= 0.6 is 0 Å². The summed E-state index contributed by atoms with van der Waals surface area (Å²) in [5, 5.41) is 3.42. The molecule has 1 aromatic heterocycles. The summed E-state index contributed by atoms with van der Waals surface area (Å²) in [4.78, 5) is 4.39. The number of nitrogens with zero attached hydrogens (tertiary/aromatic N) is 2. The van der Waals surface area contributed by atoms with Gasteiger partial charge < -0.3 is 9.88 Å². The number of hydrogen-bond donors (Lipinski definition) is 1. The van der Waals surface area contributed by atoms with Gasteiger partial charge in [0.05, 0.1) is 0 Å². The van der Waals surface area contributed by atoms with Gasteiger partial charge in [0.1, 0.15) is 0 Å². The smallest absolute Gasteiger partial charge is 0.207 e. The second kappa shape index (κ2) is 5.25. The molecule has 0 fully saturated rings. The van der Waals surface area contributed by atoms with Crippen molar-refractivity contribution in [3.63, 3.8) is 0 Å². The van der Waals surface area contributed by atoms with E-state index in [4.69, 9.17) is 0 Å². The standard InChI is InChI=1S/C15H21N3/c1-11(2)10-18-9-8-16-15(18)17-14-7-5-6-12(3)13(14)4/h5-9,11H,10H2,1-4H3,(H,16,17). The number of rotatable bonds is 4. The monoisotopic (exact) mass is 243 g/mol. The van der Waals surface area contributed by atoms with Crippen LogP contribution < -0.4 is 5.32 Å². The zero-order chi connectivity index (χ0) is 13.1. The molecule has 0 atom stereocenters. The number of hydrogen-bond acceptors (Lipinski definition) is 2. The molecule has 0 spiro atoms. The van der Waals surface area contributed by atoms with E-state index in [-0.39, 0.29) is 0 Å². The molecular weight excluding hydrogens is 222 g/mol. The van der Waals surface area contributed by atoms with E-state index in [1.165, 1.54) is 11.1 Å². The average molecular weight is 243 g/mol. The average Bonchev–Trinajstić information content (AvgIpc) is 2.72. The van der Waals surface area contributed by atoms with Gasteiger partial charge in [-0.3, -0.25) is 0 Å². The molecule has 1 heterocycles. The van der Waals surface area contributed by atoms with Crippen LogP contribution in [0.25, 0.3) is 0 Å². The Morgan fingerprint density at radius 3 is 2.78 bits per heavy atom. The second-order valence-electron chi connectivity index (χ2n) is 5.17. The van der Waals surface area contributed by atoms with Gasteiger partial charge in [-0.1, -0.05) is 26.0 Å². The lowest BCUT2D eigenvalue weighted by Crippen LogP contribution is -2.08. The summed E-state index contributed by atoms with van der Waals surface area (Å²) in [5.41, 5.74) is 3.70. The van der Waals surface area contributed by atoms with Crippen LogP contribution in [0.4, 0.5) is 11.6 Å². The lowest BCUT2D eigenvalue weighted by atomic mass is 10.1. The van der Waals surface area contributed by atoms with E-state index in [1.54, 1.807) is 0 Å². The first-order valence-corrected chi connectivity index (χ1v) is 6.42. The summed E-state index contributed by atoms with van der Waals surface area (Å²) in [5.74, 6) is 1.52. The van der Waals surface area contributed by atoms with Gasteiger partial charge in [-0.25, -0.2) is 4.98 Å². The number of aryl methyl sites for hydroxylation is 1. The molecule has 18 heavy (non-hydrogen) atoms. The lowest BCUT2D eigenvalue weighted by molar-refractivity contribution is 0.527. The van der Waals surface area contributed by atoms with Crippen molar-refractivity contribution in [2.75, 3.05) is 5.32 Å². The molecule has 0 saturated heterocycles. The fourth-order valence-electron chi connectivity index (χ4n) is 1.98. The van der Waals surface area contributed by atoms with Gasteiger partial charge in [-0.05, 0) is 37.0 Å². The third kappa shape index (κ3) is 2.73. The predicted molar refractivity (Wildman–Crippen MR) is 76.3 cm³/mol. The number of benzene rings is 1. The highest BCUT2D eigenvalue weighted by molar-refractivity contribution is 5.60. The third-order valence-corrected chi connectivity index (χ3v) is 3.13. The molecule has 0 aliphatic rings. The predicted octanol–water partition coefficient (Wildman–Crippen LogP) is 3.90. The van der Waals surface area contributed by atoms with Crippen LogP contribution in [0.5, 0.6) is 0 Å². The summed E-state index contributed by atoms with van der Waals surface area (Å²) >= 11 is 0. The van der Waals surface area contributed by atoms with E-state index in [9.17, 15) is 0 Å². The van der Waals surface area contributed by atoms with Crippen molar-refractivity contribution in [2.24, 2.45) is 5.92 Å². The normalized spacial score (nSPS) is 10.9. The van der Waals surface area contributed by atoms with Crippen molar-refractivity contribution >= 4 is 11.6 Å². The molecule has 3 heteroatoms. The van der Waals surface area contributed by atoms with Crippen molar-refractivity contribution in [3.8, 4) is 0 Å². The Hall–Kier alpha value is -1.77. The second-order valence-corrected chi connectivity index (χ2v) is 5.17. The van der Waals surface area contributed by atoms with Crippen molar-refractivity contribution in [1.82, 2.24) is 9.55 Å². The Labute approximate surface area is 109 Å². The van der Waals surface area contributed by atoms with Gasteiger partial charge in [0, 0.05) is 24.6 Å². The first-order valence-electron chi connectivity index (χ1n) is 6.42. The SMILES string of the molecule is Cc1cccc(Nc2nccn2CC(C)C)c1C. The first kappa shape index (κ1) is 12.7. The van der Waals surface area contributed by atoms with Gasteiger partial charge >= 0.3 is 0 Å². The molecule has 0 saturated carbocycles. The molecule has 0 bridgehead atoms. The number of anilines is 2. The molecule has 0 aliphatic carbocycles. The molecule has 2 rings (SSSR count). The molecule has 3 nitrogen and oxygen atoms in total. The third-order valence-electron chi connectivity index (χ3n) is 3.13. The van der Waals surface area contributed by atoms with Crippen LogP contribution in [0.2, 0.25) is 0 Å². The zero-order valence-corrected chi connectivity index (χ0v) is 11.6. The summed E-state index contributed by atoms with van der Waals surface area (Å²) in [6.45, 7) is 9.66. The summed E-state index contributed by atoms with van der Waals surface area (Å²) in [6.07, 6.45) is 3.86. The van der Waals surface area contributed by atoms with Crippen LogP contribution in [-0.2, 0) is 6.54 Å². The van der Waals surface area contributed by atoms with Crippen LogP contribution in [0.1, 0.15) is 25.0 Å². The zero-order valence-electron chi connectivity index (χ0n) is 11.6. The Morgan fingerprint density at radius 1 is 1.28 bits per heavy atom. The Bertz CT molecular complexity index is 526. The van der Waals surface area contributed by atoms with E-state index >= 15 is 0 Å². The molecule has 0 aliphatic heterocycles. The van der Waals surface area contributed by atoms with E-state index < -0.39 is 0 Å². The van der Waals surface area contributed by atoms with Gasteiger partial charge in [0.15, 0.2) is 0 Å². The minimum Gasteiger partial charge on any atom is -0.325 e. The van der Waals surface area contributed by atoms with Crippen molar-refractivity contribution in [1.29, 1.82) is 0 Å². The van der Waals surface area contributed by atoms with Gasteiger partial charge in [-0.2, -0.15) is 0 Å². The highest BCUT2D eigenvalue weighted by Gasteiger charge is 2.07. The lowest BCUT2D eigenvalue weighted by Gasteiger charge is -2.14. The molecule has 0 amide bonds. The summed E-state index contributed by atoms with van der Waals surface area (Å²) < 4.78 is 2.16. The molecule has 2 aromatic rings. The first-order chi connectivity index (χ1) is 8.58. The maximum Gasteiger partial charge on any atom is 0.207 e. The molecule has 1 N–H and O–H groups in total. The Kier molecular flexibility index (Phi) is 3.70. The van der Waals surface area contributed by atoms with E-state index in [0.717, 1.165) is 18.2 Å². The Morgan fingerprint density at radius 2 is 2.06 bits per heavy atom. The molecule has 1 aromatic carbocycles. The fourth-order valence-corrected chi connectivity index (χ4v) is 1.98. The van der Waals surface area contributed by atoms with Crippen molar-refractivity contribution in [2.45, 2.75) is 34.2 Å². The van der Waals surface area contributed by atoms with Gasteiger partial charge in [0.25, 0.3) is 0 Å². The van der Waals surface area contributed by atoms with Gasteiger partial charge in [0.2, 0.25) is 5.95 Å². The number of imidazole rings is 1. The molecule has 0 unspecified atom stereocenters. The number of nitrogens with one attached hydrogen (secondary N) is 1. The molecule has 0 radical (unpaired) electrons. The minimum atomic E-state index is 0.610. The van der Waals surface area contributed by atoms with Crippen LogP contribution in [0.15, 0.2) is 30.6 Å². The maximum atomic E-state index is 4.39. The van der Waals surface area contributed by atoms with Crippen LogP contribution in [-0.4, -0.2) is 9.55 Å². The van der Waals surface area contributed by atoms with Crippen LogP contribution in [0, 0.1) is 19.8 Å². The Balaban J connectivity index is 2.24. The van der Waals surface area contributed by atoms with Gasteiger partial charge in [-0.15, -0.1) is 0 Å². The summed E-state index contributed by atoms with van der Waals surface area (Å²) in [6, 6.07) is 6.29. The molecule has 96 valence electrons. The quantitative estimate of drug-likeness (QED) is 0.882. The largest absolute Gasteiger partial charge is 0.325 e. The minimum absolute atomic E-state index is 0.610. The van der Waals surface area contributed by atoms with Crippen molar-refractivity contribution < 1.29 is 0 Å². The van der Waals surface area contributed by atoms with Crippen LogP contribution in [0.3, 0.4) is 0 Å². The highest BCUT2D eigenvalue weighted by atomic mass is 15.2. The summed E-state index contributed by atoms with van der Waals surface area (Å²) in [7, 11) is 0. The molecular formula is C15H21N3. The highest BCUT2D eigenvalue weighted by Crippen LogP contribution is 2.22. The van der Waals surface area contributed by atoms with E-state index in [0.29, 0.717) is 5.92 Å².